The molecule has 2 fully saturated rings. The Morgan fingerprint density at radius 3 is 2.75 bits per heavy atom. The SMILES string of the molecule is CCO[C@@]12C[C@H](C(=O)OC)[C@@H]1COC2(C)C. The highest BCUT2D eigenvalue weighted by molar-refractivity contribution is 5.75. The van der Waals surface area contributed by atoms with Crippen LogP contribution in [0.2, 0.25) is 0 Å². The number of rotatable bonds is 3. The standard InChI is InChI=1S/C12H20O4/c1-5-15-12-6-8(10(13)14-4)9(12)7-16-11(12,2)3/h8-9H,5-7H2,1-4H3/t8-,9-,12-/m0/s1. The Hall–Kier alpha value is -0.610. The minimum atomic E-state index is -0.307. The van der Waals surface area contributed by atoms with Crippen molar-refractivity contribution in [3.63, 3.8) is 0 Å². The van der Waals surface area contributed by atoms with Crippen LogP contribution in [0.1, 0.15) is 27.2 Å². The van der Waals surface area contributed by atoms with E-state index in [9.17, 15) is 4.79 Å². The summed E-state index contributed by atoms with van der Waals surface area (Å²) >= 11 is 0. The molecule has 0 aromatic carbocycles. The number of ether oxygens (including phenoxy) is 3. The quantitative estimate of drug-likeness (QED) is 0.685. The van der Waals surface area contributed by atoms with Crippen molar-refractivity contribution in [1.29, 1.82) is 0 Å². The molecule has 0 aromatic heterocycles. The second kappa shape index (κ2) is 3.70. The summed E-state index contributed by atoms with van der Waals surface area (Å²) in [4.78, 5) is 11.6. The third-order valence-corrected chi connectivity index (χ3v) is 4.16. The van der Waals surface area contributed by atoms with E-state index in [0.29, 0.717) is 19.6 Å². The van der Waals surface area contributed by atoms with Gasteiger partial charge in [0.05, 0.1) is 25.2 Å². The van der Waals surface area contributed by atoms with Crippen LogP contribution >= 0.6 is 0 Å². The van der Waals surface area contributed by atoms with E-state index in [4.69, 9.17) is 14.2 Å². The largest absolute Gasteiger partial charge is 0.469 e. The summed E-state index contributed by atoms with van der Waals surface area (Å²) in [6.07, 6.45) is 0.713. The van der Waals surface area contributed by atoms with Crippen molar-refractivity contribution in [2.45, 2.75) is 38.4 Å². The first-order valence-electron chi connectivity index (χ1n) is 5.84. The monoisotopic (exact) mass is 228 g/mol. The number of hydrogen-bond donors (Lipinski definition) is 0. The van der Waals surface area contributed by atoms with E-state index in [0.717, 1.165) is 0 Å². The van der Waals surface area contributed by atoms with E-state index in [1.807, 2.05) is 20.8 Å². The van der Waals surface area contributed by atoms with E-state index in [2.05, 4.69) is 0 Å². The molecule has 2 aliphatic rings. The minimum absolute atomic E-state index is 0.0571. The van der Waals surface area contributed by atoms with Gasteiger partial charge in [0.15, 0.2) is 0 Å². The molecule has 4 heteroatoms. The van der Waals surface area contributed by atoms with Crippen LogP contribution in [-0.2, 0) is 19.0 Å². The normalized spacial score (nSPS) is 40.0. The zero-order valence-electron chi connectivity index (χ0n) is 10.4. The van der Waals surface area contributed by atoms with Gasteiger partial charge in [-0.1, -0.05) is 0 Å². The summed E-state index contributed by atoms with van der Waals surface area (Å²) in [5.41, 5.74) is -0.598. The van der Waals surface area contributed by atoms with Gasteiger partial charge in [0.1, 0.15) is 5.60 Å². The third kappa shape index (κ3) is 1.32. The van der Waals surface area contributed by atoms with Gasteiger partial charge in [-0.05, 0) is 27.2 Å². The topological polar surface area (TPSA) is 44.8 Å². The Balaban J connectivity index is 2.18. The number of esters is 1. The molecule has 0 amide bonds. The van der Waals surface area contributed by atoms with Crippen LogP contribution in [-0.4, -0.2) is 37.5 Å². The van der Waals surface area contributed by atoms with E-state index in [1.54, 1.807) is 0 Å². The highest BCUT2D eigenvalue weighted by Gasteiger charge is 2.69. The number of hydrogen-bond acceptors (Lipinski definition) is 4. The Morgan fingerprint density at radius 1 is 1.50 bits per heavy atom. The molecule has 1 saturated heterocycles. The van der Waals surface area contributed by atoms with Gasteiger partial charge >= 0.3 is 5.97 Å². The molecule has 1 heterocycles. The fraction of sp³-hybridized carbons (Fsp3) is 0.917. The van der Waals surface area contributed by atoms with E-state index in [-0.39, 0.29) is 29.0 Å². The highest BCUT2D eigenvalue weighted by atomic mass is 16.6. The maximum atomic E-state index is 11.6. The first-order chi connectivity index (χ1) is 7.48. The molecule has 16 heavy (non-hydrogen) atoms. The van der Waals surface area contributed by atoms with Crippen LogP contribution in [0.3, 0.4) is 0 Å². The van der Waals surface area contributed by atoms with Crippen molar-refractivity contribution >= 4 is 5.97 Å². The van der Waals surface area contributed by atoms with Crippen molar-refractivity contribution in [3.8, 4) is 0 Å². The molecule has 1 aliphatic carbocycles. The molecule has 92 valence electrons. The zero-order chi connectivity index (χ0) is 12.0. The average molecular weight is 228 g/mol. The molecule has 1 saturated carbocycles. The number of fused-ring (bicyclic) bond motifs is 1. The fourth-order valence-corrected chi connectivity index (χ4v) is 3.14. The predicted octanol–water partition coefficient (Wildman–Crippen LogP) is 1.38. The number of carbonyl (C=O) groups is 1. The van der Waals surface area contributed by atoms with Crippen LogP contribution in [0.25, 0.3) is 0 Å². The molecule has 0 aromatic rings. The first kappa shape index (κ1) is 11.9. The van der Waals surface area contributed by atoms with Gasteiger partial charge in [-0.25, -0.2) is 0 Å². The Labute approximate surface area is 96.2 Å². The number of methoxy groups -OCH3 is 1. The van der Waals surface area contributed by atoms with Gasteiger partial charge in [0.25, 0.3) is 0 Å². The Bertz CT molecular complexity index is 299. The lowest BCUT2D eigenvalue weighted by Gasteiger charge is -2.53. The summed E-state index contributed by atoms with van der Waals surface area (Å²) < 4.78 is 16.5. The molecule has 0 bridgehead atoms. The Morgan fingerprint density at radius 2 is 2.19 bits per heavy atom. The molecule has 0 unspecified atom stereocenters. The summed E-state index contributed by atoms with van der Waals surface area (Å²) in [7, 11) is 1.43. The summed E-state index contributed by atoms with van der Waals surface area (Å²) in [5.74, 6) is -0.0464. The molecule has 3 atom stereocenters. The van der Waals surface area contributed by atoms with Crippen molar-refractivity contribution in [2.24, 2.45) is 11.8 Å². The average Bonchev–Trinajstić information content (AvgIpc) is 2.38. The van der Waals surface area contributed by atoms with Crippen LogP contribution < -0.4 is 0 Å². The van der Waals surface area contributed by atoms with Gasteiger partial charge < -0.3 is 14.2 Å². The molecule has 1 aliphatic heterocycles. The highest BCUT2D eigenvalue weighted by Crippen LogP contribution is 2.58. The van der Waals surface area contributed by atoms with Crippen LogP contribution in [0.5, 0.6) is 0 Å². The summed E-state index contributed by atoms with van der Waals surface area (Å²) in [6, 6.07) is 0. The molecule has 0 spiro atoms. The molecular weight excluding hydrogens is 208 g/mol. The molecule has 0 radical (unpaired) electrons. The second-order valence-corrected chi connectivity index (χ2v) is 5.08. The van der Waals surface area contributed by atoms with Crippen molar-refractivity contribution in [1.82, 2.24) is 0 Å². The van der Waals surface area contributed by atoms with Crippen molar-refractivity contribution < 1.29 is 19.0 Å². The summed E-state index contributed by atoms with van der Waals surface area (Å²) in [6.45, 7) is 7.29. The van der Waals surface area contributed by atoms with E-state index >= 15 is 0 Å². The van der Waals surface area contributed by atoms with Gasteiger partial charge in [-0.15, -0.1) is 0 Å². The third-order valence-electron chi connectivity index (χ3n) is 4.16. The van der Waals surface area contributed by atoms with E-state index in [1.165, 1.54) is 7.11 Å². The summed E-state index contributed by atoms with van der Waals surface area (Å²) in [5, 5.41) is 0. The van der Waals surface area contributed by atoms with E-state index < -0.39 is 0 Å². The maximum Gasteiger partial charge on any atom is 0.309 e. The van der Waals surface area contributed by atoms with Gasteiger partial charge in [0.2, 0.25) is 0 Å². The lowest BCUT2D eigenvalue weighted by Crippen LogP contribution is -2.64. The van der Waals surface area contributed by atoms with Crippen LogP contribution in [0, 0.1) is 11.8 Å². The van der Waals surface area contributed by atoms with Crippen molar-refractivity contribution in [2.75, 3.05) is 20.3 Å². The lowest BCUT2D eigenvalue weighted by atomic mass is 9.57. The molecular formula is C12H20O4. The van der Waals surface area contributed by atoms with Crippen LogP contribution in [0.15, 0.2) is 0 Å². The van der Waals surface area contributed by atoms with Crippen LogP contribution in [0.4, 0.5) is 0 Å². The smallest absolute Gasteiger partial charge is 0.309 e. The predicted molar refractivity (Wildman–Crippen MR) is 58.0 cm³/mol. The van der Waals surface area contributed by atoms with Gasteiger partial charge in [0, 0.05) is 12.5 Å². The van der Waals surface area contributed by atoms with Crippen molar-refractivity contribution in [3.05, 3.63) is 0 Å². The molecule has 0 N–H and O–H groups in total. The maximum absolute atomic E-state index is 11.6. The fourth-order valence-electron chi connectivity index (χ4n) is 3.14. The zero-order valence-corrected chi connectivity index (χ0v) is 10.4. The minimum Gasteiger partial charge on any atom is -0.469 e. The second-order valence-electron chi connectivity index (χ2n) is 5.08. The lowest BCUT2D eigenvalue weighted by molar-refractivity contribution is -0.213. The Kier molecular flexibility index (Phi) is 2.75. The van der Waals surface area contributed by atoms with Gasteiger partial charge in [-0.2, -0.15) is 0 Å². The molecule has 2 rings (SSSR count). The first-order valence-corrected chi connectivity index (χ1v) is 5.84. The molecule has 4 nitrogen and oxygen atoms in total. The number of carbonyl (C=O) groups excluding carboxylic acids is 1. The van der Waals surface area contributed by atoms with Gasteiger partial charge in [-0.3, -0.25) is 4.79 Å².